The third kappa shape index (κ3) is 4.01. The quantitative estimate of drug-likeness (QED) is 0.426. The summed E-state index contributed by atoms with van der Waals surface area (Å²) < 4.78 is 13.3. The third-order valence-electron chi connectivity index (χ3n) is 5.09. The van der Waals surface area contributed by atoms with Crippen LogP contribution in [-0.4, -0.2) is 27.1 Å². The van der Waals surface area contributed by atoms with Gasteiger partial charge in [-0.1, -0.05) is 24.3 Å². The third-order valence-corrected chi connectivity index (χ3v) is 5.09. The summed E-state index contributed by atoms with van der Waals surface area (Å²) in [6.07, 6.45) is 3.46. The number of hydrogen-bond donors (Lipinski definition) is 1. The average Bonchev–Trinajstić information content (AvgIpc) is 3.16. The number of fused-ring (bicyclic) bond motifs is 1. The molecule has 7 nitrogen and oxygen atoms in total. The number of anilines is 1. The van der Waals surface area contributed by atoms with Gasteiger partial charge in [0.1, 0.15) is 34.9 Å². The molecule has 0 aliphatic rings. The number of carbonyl (C=O) groups excluding carboxylic acids is 1. The molecule has 2 aromatic carbocycles. The van der Waals surface area contributed by atoms with Crippen LogP contribution < -0.4 is 10.5 Å². The number of benzene rings is 2. The number of ether oxygens (including phenoxy) is 2. The van der Waals surface area contributed by atoms with Crippen LogP contribution in [0, 0.1) is 0 Å². The Balaban J connectivity index is 1.89. The Morgan fingerprint density at radius 3 is 2.53 bits per heavy atom. The smallest absolute Gasteiger partial charge is 0.341 e. The van der Waals surface area contributed by atoms with Crippen LogP contribution in [-0.2, 0) is 10.3 Å². The van der Waals surface area contributed by atoms with Gasteiger partial charge in [0, 0.05) is 17.3 Å². The van der Waals surface area contributed by atoms with Gasteiger partial charge in [0.25, 0.3) is 0 Å². The molecule has 0 saturated heterocycles. The van der Waals surface area contributed by atoms with Crippen molar-refractivity contribution < 1.29 is 14.3 Å². The Hall–Kier alpha value is -3.87. The van der Waals surface area contributed by atoms with Gasteiger partial charge in [0.15, 0.2) is 0 Å². The van der Waals surface area contributed by atoms with Crippen LogP contribution in [0.1, 0.15) is 38.1 Å². The van der Waals surface area contributed by atoms with Crippen molar-refractivity contribution in [3.63, 3.8) is 0 Å². The first-order valence-electron chi connectivity index (χ1n) is 10.5. The molecule has 0 saturated carbocycles. The Morgan fingerprint density at radius 2 is 1.84 bits per heavy atom. The van der Waals surface area contributed by atoms with Crippen LogP contribution in [0.2, 0.25) is 0 Å². The molecule has 0 aliphatic carbocycles. The summed E-state index contributed by atoms with van der Waals surface area (Å²) in [5.74, 6) is 0.981. The predicted octanol–water partition coefficient (Wildman–Crippen LogP) is 5.40. The largest absolute Gasteiger partial charge is 0.462 e. The lowest BCUT2D eigenvalue weighted by atomic mass is 10.0. The van der Waals surface area contributed by atoms with Gasteiger partial charge in [-0.2, -0.15) is 0 Å². The Labute approximate surface area is 186 Å². The van der Waals surface area contributed by atoms with E-state index in [1.54, 1.807) is 19.1 Å². The summed E-state index contributed by atoms with van der Waals surface area (Å²) in [5.41, 5.74) is 8.73. The standard InChI is InChI=1S/C25H26N4O3/c1-5-31-24(30)18-13-16(11-12-20(18)32-17-9-7-6-8-10-17)19-14-29(25(2,3)4)23-21(19)22(26)27-15-28-23/h6-15H,5H2,1-4H3,(H2,26,27,28). The lowest BCUT2D eigenvalue weighted by Crippen LogP contribution is -2.21. The topological polar surface area (TPSA) is 92.3 Å². The number of carbonyl (C=O) groups is 1. The zero-order valence-electron chi connectivity index (χ0n) is 18.6. The van der Waals surface area contributed by atoms with Crippen molar-refractivity contribution in [3.05, 3.63) is 66.6 Å². The summed E-state index contributed by atoms with van der Waals surface area (Å²) in [5, 5.41) is 0.744. The fourth-order valence-electron chi connectivity index (χ4n) is 3.59. The van der Waals surface area contributed by atoms with E-state index in [4.69, 9.17) is 15.2 Å². The van der Waals surface area contributed by atoms with Crippen molar-refractivity contribution in [3.8, 4) is 22.6 Å². The van der Waals surface area contributed by atoms with E-state index in [0.717, 1.165) is 22.2 Å². The first-order chi connectivity index (χ1) is 15.3. The number of rotatable bonds is 5. The molecule has 2 N–H and O–H groups in total. The van der Waals surface area contributed by atoms with Crippen molar-refractivity contribution in [2.75, 3.05) is 12.3 Å². The second-order valence-corrected chi connectivity index (χ2v) is 8.39. The van der Waals surface area contributed by atoms with Crippen molar-refractivity contribution in [2.45, 2.75) is 33.2 Å². The number of nitrogen functional groups attached to an aromatic ring is 1. The van der Waals surface area contributed by atoms with Gasteiger partial charge in [-0.15, -0.1) is 0 Å². The highest BCUT2D eigenvalue weighted by Crippen LogP contribution is 2.38. The number of para-hydroxylation sites is 1. The highest BCUT2D eigenvalue weighted by Gasteiger charge is 2.23. The molecule has 0 radical (unpaired) electrons. The summed E-state index contributed by atoms with van der Waals surface area (Å²) in [7, 11) is 0. The number of nitrogens with zero attached hydrogens (tertiary/aromatic N) is 3. The molecule has 0 spiro atoms. The predicted molar refractivity (Wildman–Crippen MR) is 125 cm³/mol. The maximum atomic E-state index is 12.8. The van der Waals surface area contributed by atoms with Crippen LogP contribution in [0.5, 0.6) is 11.5 Å². The normalized spacial score (nSPS) is 11.5. The van der Waals surface area contributed by atoms with Gasteiger partial charge in [-0.25, -0.2) is 14.8 Å². The summed E-state index contributed by atoms with van der Waals surface area (Å²) in [4.78, 5) is 21.4. The van der Waals surface area contributed by atoms with Crippen molar-refractivity contribution >= 4 is 22.8 Å². The minimum absolute atomic E-state index is 0.225. The van der Waals surface area contributed by atoms with E-state index >= 15 is 0 Å². The minimum Gasteiger partial charge on any atom is -0.462 e. The van der Waals surface area contributed by atoms with Gasteiger partial charge < -0.3 is 19.8 Å². The molecule has 164 valence electrons. The average molecular weight is 431 g/mol. The second-order valence-electron chi connectivity index (χ2n) is 8.39. The fourth-order valence-corrected chi connectivity index (χ4v) is 3.59. The lowest BCUT2D eigenvalue weighted by molar-refractivity contribution is 0.0523. The Bertz CT molecular complexity index is 1270. The van der Waals surface area contributed by atoms with Crippen LogP contribution >= 0.6 is 0 Å². The SMILES string of the molecule is CCOC(=O)c1cc(-c2cn(C(C)(C)C)c3ncnc(N)c23)ccc1Oc1ccccc1. The van der Waals surface area contributed by atoms with Gasteiger partial charge in [-0.05, 0) is 57.5 Å². The van der Waals surface area contributed by atoms with Crippen molar-refractivity contribution in [1.29, 1.82) is 0 Å². The maximum absolute atomic E-state index is 12.8. The second kappa shape index (κ2) is 8.34. The van der Waals surface area contributed by atoms with Crippen molar-refractivity contribution in [2.24, 2.45) is 0 Å². The summed E-state index contributed by atoms with van der Waals surface area (Å²) in [6, 6.07) is 14.7. The molecule has 0 atom stereocenters. The van der Waals surface area contributed by atoms with Gasteiger partial charge >= 0.3 is 5.97 Å². The van der Waals surface area contributed by atoms with Gasteiger partial charge in [-0.3, -0.25) is 0 Å². The zero-order valence-corrected chi connectivity index (χ0v) is 18.6. The van der Waals surface area contributed by atoms with Crippen molar-refractivity contribution in [1.82, 2.24) is 14.5 Å². The minimum atomic E-state index is -0.455. The van der Waals surface area contributed by atoms with E-state index in [0.29, 0.717) is 22.9 Å². The van der Waals surface area contributed by atoms with Gasteiger partial charge in [0.2, 0.25) is 0 Å². The fraction of sp³-hybridized carbons (Fsp3) is 0.240. The highest BCUT2D eigenvalue weighted by molar-refractivity contribution is 6.02. The number of hydrogen-bond acceptors (Lipinski definition) is 6. The Kier molecular flexibility index (Phi) is 5.57. The molecule has 4 rings (SSSR count). The molecule has 0 aliphatic heterocycles. The molecule has 32 heavy (non-hydrogen) atoms. The lowest BCUT2D eigenvalue weighted by Gasteiger charge is -2.21. The maximum Gasteiger partial charge on any atom is 0.341 e. The molecule has 2 heterocycles. The first-order valence-corrected chi connectivity index (χ1v) is 10.5. The van der Waals surface area contributed by atoms with E-state index in [2.05, 4.69) is 35.3 Å². The molecule has 0 fully saturated rings. The van der Waals surface area contributed by atoms with Gasteiger partial charge in [0.05, 0.1) is 12.0 Å². The molecule has 7 heteroatoms. The van der Waals surface area contributed by atoms with E-state index in [9.17, 15) is 4.79 Å². The molecule has 4 aromatic rings. The van der Waals surface area contributed by atoms with Crippen LogP contribution in [0.25, 0.3) is 22.2 Å². The number of esters is 1. The summed E-state index contributed by atoms with van der Waals surface area (Å²) >= 11 is 0. The van der Waals surface area contributed by atoms with E-state index in [1.807, 2.05) is 42.6 Å². The zero-order chi connectivity index (χ0) is 22.9. The molecule has 0 amide bonds. The number of aromatic nitrogens is 3. The molecule has 0 bridgehead atoms. The van der Waals surface area contributed by atoms with Crippen LogP contribution in [0.4, 0.5) is 5.82 Å². The molecular weight excluding hydrogens is 404 g/mol. The highest BCUT2D eigenvalue weighted by atomic mass is 16.5. The van der Waals surface area contributed by atoms with Crippen LogP contribution in [0.15, 0.2) is 61.1 Å². The van der Waals surface area contributed by atoms with E-state index in [1.165, 1.54) is 6.33 Å². The van der Waals surface area contributed by atoms with Crippen LogP contribution in [0.3, 0.4) is 0 Å². The van der Waals surface area contributed by atoms with E-state index < -0.39 is 5.97 Å². The molecular formula is C25H26N4O3. The monoisotopic (exact) mass is 430 g/mol. The number of nitrogens with two attached hydrogens (primary N) is 1. The Morgan fingerprint density at radius 1 is 1.09 bits per heavy atom. The summed E-state index contributed by atoms with van der Waals surface area (Å²) in [6.45, 7) is 8.31. The molecule has 2 aromatic heterocycles. The first kappa shape index (κ1) is 21.4. The molecule has 0 unspecified atom stereocenters. The van der Waals surface area contributed by atoms with E-state index in [-0.39, 0.29) is 12.1 Å².